The van der Waals surface area contributed by atoms with E-state index >= 15 is 0 Å². The van der Waals surface area contributed by atoms with Crippen LogP contribution in [0.25, 0.3) is 0 Å². The van der Waals surface area contributed by atoms with Gasteiger partial charge in [-0.05, 0) is 33.0 Å². The van der Waals surface area contributed by atoms with Gasteiger partial charge in [0.05, 0.1) is 12.7 Å². The van der Waals surface area contributed by atoms with Crippen molar-refractivity contribution in [1.29, 1.82) is 0 Å². The topological polar surface area (TPSA) is 27.7 Å². The summed E-state index contributed by atoms with van der Waals surface area (Å²) >= 11 is 0. The van der Waals surface area contributed by atoms with Crippen LogP contribution in [0.2, 0.25) is 0 Å². The molecular weight excluding hydrogens is 226 g/mol. The summed E-state index contributed by atoms with van der Waals surface area (Å²) in [6.07, 6.45) is 2.82. The lowest BCUT2D eigenvalue weighted by molar-refractivity contribution is -0.0399. The highest BCUT2D eigenvalue weighted by atomic mass is 16.5. The quantitative estimate of drug-likeness (QED) is 0.624. The van der Waals surface area contributed by atoms with Gasteiger partial charge in [-0.25, -0.2) is 0 Å². The van der Waals surface area contributed by atoms with E-state index in [-0.39, 0.29) is 0 Å². The van der Waals surface area contributed by atoms with Crippen molar-refractivity contribution in [3.63, 3.8) is 0 Å². The zero-order chi connectivity index (χ0) is 13.2. The van der Waals surface area contributed by atoms with E-state index in [0.717, 1.165) is 52.4 Å². The fourth-order valence-corrected chi connectivity index (χ4v) is 2.45. The maximum atomic E-state index is 5.85. The van der Waals surface area contributed by atoms with Crippen LogP contribution >= 0.6 is 0 Å². The van der Waals surface area contributed by atoms with Crippen molar-refractivity contribution in [3.8, 4) is 0 Å². The third-order valence-corrected chi connectivity index (χ3v) is 3.38. The first-order valence-corrected chi connectivity index (χ1v) is 7.49. The summed E-state index contributed by atoms with van der Waals surface area (Å²) in [5, 5.41) is 3.47. The number of ether oxygens (including phenoxy) is 1. The van der Waals surface area contributed by atoms with Crippen LogP contribution in [-0.4, -0.2) is 75.4 Å². The highest BCUT2D eigenvalue weighted by Crippen LogP contribution is 2.06. The molecule has 0 bridgehead atoms. The highest BCUT2D eigenvalue weighted by molar-refractivity contribution is 4.74. The fourth-order valence-electron chi connectivity index (χ4n) is 2.45. The van der Waals surface area contributed by atoms with Gasteiger partial charge in [-0.2, -0.15) is 0 Å². The molecule has 4 heteroatoms. The second-order valence-electron chi connectivity index (χ2n) is 5.31. The normalized spacial score (nSPS) is 21.7. The van der Waals surface area contributed by atoms with E-state index in [4.69, 9.17) is 4.74 Å². The van der Waals surface area contributed by atoms with Crippen molar-refractivity contribution in [2.45, 2.75) is 32.8 Å². The van der Waals surface area contributed by atoms with E-state index in [0.29, 0.717) is 6.10 Å². The third-order valence-electron chi connectivity index (χ3n) is 3.38. The molecule has 1 rings (SSSR count). The lowest BCUT2D eigenvalue weighted by Crippen LogP contribution is -2.48. The third kappa shape index (κ3) is 6.69. The van der Waals surface area contributed by atoms with Gasteiger partial charge < -0.3 is 15.0 Å². The summed E-state index contributed by atoms with van der Waals surface area (Å²) in [6, 6.07) is 0. The van der Waals surface area contributed by atoms with Gasteiger partial charge in [0.2, 0.25) is 0 Å². The summed E-state index contributed by atoms with van der Waals surface area (Å²) in [5.41, 5.74) is 0. The molecule has 0 aromatic rings. The Morgan fingerprint density at radius 3 is 2.83 bits per heavy atom. The van der Waals surface area contributed by atoms with E-state index in [9.17, 15) is 0 Å². The minimum Gasteiger partial charge on any atom is -0.374 e. The van der Waals surface area contributed by atoms with Gasteiger partial charge in [0.15, 0.2) is 0 Å². The molecule has 0 aromatic carbocycles. The first kappa shape index (κ1) is 15.9. The van der Waals surface area contributed by atoms with Crippen LogP contribution in [0.1, 0.15) is 26.7 Å². The zero-order valence-corrected chi connectivity index (χ0v) is 12.5. The predicted molar refractivity (Wildman–Crippen MR) is 77.1 cm³/mol. The Hall–Kier alpha value is -0.160. The van der Waals surface area contributed by atoms with Crippen LogP contribution in [0.15, 0.2) is 0 Å². The van der Waals surface area contributed by atoms with E-state index < -0.39 is 0 Å². The number of nitrogens with one attached hydrogen (secondary N) is 1. The fraction of sp³-hybridized carbons (Fsp3) is 1.00. The number of likely N-dealkylation sites (N-methyl/N-ethyl adjacent to an activating group) is 1. The first-order valence-electron chi connectivity index (χ1n) is 7.49. The van der Waals surface area contributed by atoms with Crippen molar-refractivity contribution < 1.29 is 4.74 Å². The van der Waals surface area contributed by atoms with E-state index in [2.05, 4.69) is 36.0 Å². The Labute approximate surface area is 113 Å². The zero-order valence-electron chi connectivity index (χ0n) is 12.5. The Kier molecular flexibility index (Phi) is 8.59. The second-order valence-corrected chi connectivity index (χ2v) is 5.31. The number of hydrogen-bond donors (Lipinski definition) is 1. The van der Waals surface area contributed by atoms with Crippen molar-refractivity contribution in [2.75, 3.05) is 59.5 Å². The monoisotopic (exact) mass is 257 g/mol. The molecule has 108 valence electrons. The van der Waals surface area contributed by atoms with E-state index in [1.165, 1.54) is 12.8 Å². The van der Waals surface area contributed by atoms with Gasteiger partial charge in [0, 0.05) is 32.7 Å². The Morgan fingerprint density at radius 1 is 1.28 bits per heavy atom. The molecule has 0 aromatic heterocycles. The Bertz CT molecular complexity index is 201. The number of morpholine rings is 1. The minimum absolute atomic E-state index is 0.390. The summed E-state index contributed by atoms with van der Waals surface area (Å²) in [6.45, 7) is 13.1. The predicted octanol–water partition coefficient (Wildman–Crippen LogP) is 1.03. The van der Waals surface area contributed by atoms with Gasteiger partial charge in [0.1, 0.15) is 0 Å². The van der Waals surface area contributed by atoms with Crippen molar-refractivity contribution in [2.24, 2.45) is 0 Å². The van der Waals surface area contributed by atoms with Gasteiger partial charge in [-0.1, -0.05) is 13.8 Å². The summed E-state index contributed by atoms with van der Waals surface area (Å²) in [4.78, 5) is 4.90. The standard InChI is InChI=1S/C14H31N3O/c1-4-6-15-7-9-17-10-11-18-14(13-17)12-16(3)8-5-2/h14-15H,4-13H2,1-3H3/t14-/m0/s1. The van der Waals surface area contributed by atoms with Crippen LogP contribution < -0.4 is 5.32 Å². The minimum atomic E-state index is 0.390. The van der Waals surface area contributed by atoms with Crippen LogP contribution in [0.3, 0.4) is 0 Å². The van der Waals surface area contributed by atoms with E-state index in [1.807, 2.05) is 0 Å². The van der Waals surface area contributed by atoms with Gasteiger partial charge in [-0.3, -0.25) is 4.90 Å². The van der Waals surface area contributed by atoms with Crippen LogP contribution in [0, 0.1) is 0 Å². The molecule has 0 radical (unpaired) electrons. The molecule has 18 heavy (non-hydrogen) atoms. The maximum absolute atomic E-state index is 5.85. The maximum Gasteiger partial charge on any atom is 0.0829 e. The lowest BCUT2D eigenvalue weighted by Gasteiger charge is -2.34. The molecule has 0 spiro atoms. The van der Waals surface area contributed by atoms with Crippen LogP contribution in [0.5, 0.6) is 0 Å². The molecule has 1 saturated heterocycles. The molecule has 1 N–H and O–H groups in total. The van der Waals surface area contributed by atoms with Crippen molar-refractivity contribution in [1.82, 2.24) is 15.1 Å². The lowest BCUT2D eigenvalue weighted by atomic mass is 10.2. The summed E-state index contributed by atoms with van der Waals surface area (Å²) < 4.78 is 5.85. The summed E-state index contributed by atoms with van der Waals surface area (Å²) in [7, 11) is 2.19. The average Bonchev–Trinajstić information content (AvgIpc) is 2.35. The molecule has 1 aliphatic heterocycles. The molecule has 1 aliphatic rings. The molecule has 0 saturated carbocycles. The van der Waals surface area contributed by atoms with Crippen molar-refractivity contribution in [3.05, 3.63) is 0 Å². The molecule has 0 aliphatic carbocycles. The van der Waals surface area contributed by atoms with Gasteiger partial charge in [-0.15, -0.1) is 0 Å². The number of rotatable bonds is 9. The molecule has 1 fully saturated rings. The molecule has 4 nitrogen and oxygen atoms in total. The van der Waals surface area contributed by atoms with Crippen LogP contribution in [-0.2, 0) is 4.74 Å². The van der Waals surface area contributed by atoms with Gasteiger partial charge in [0.25, 0.3) is 0 Å². The van der Waals surface area contributed by atoms with Gasteiger partial charge >= 0.3 is 0 Å². The highest BCUT2D eigenvalue weighted by Gasteiger charge is 2.20. The second kappa shape index (κ2) is 9.73. The number of nitrogens with zero attached hydrogens (tertiary/aromatic N) is 2. The van der Waals surface area contributed by atoms with E-state index in [1.54, 1.807) is 0 Å². The first-order chi connectivity index (χ1) is 8.76. The largest absolute Gasteiger partial charge is 0.374 e. The molecular formula is C14H31N3O. The number of hydrogen-bond acceptors (Lipinski definition) is 4. The van der Waals surface area contributed by atoms with Crippen molar-refractivity contribution >= 4 is 0 Å². The average molecular weight is 257 g/mol. The molecule has 1 heterocycles. The molecule has 0 unspecified atom stereocenters. The summed E-state index contributed by atoms with van der Waals surface area (Å²) in [5.74, 6) is 0. The molecule has 0 amide bonds. The Balaban J connectivity index is 2.15. The molecule has 1 atom stereocenters. The smallest absolute Gasteiger partial charge is 0.0829 e. The Morgan fingerprint density at radius 2 is 2.11 bits per heavy atom. The van der Waals surface area contributed by atoms with Crippen LogP contribution in [0.4, 0.5) is 0 Å². The SMILES string of the molecule is CCCNCCN1CCO[C@@H](CN(C)CCC)C1.